The van der Waals surface area contributed by atoms with Gasteiger partial charge in [0.2, 0.25) is 0 Å². The van der Waals surface area contributed by atoms with E-state index in [0.717, 1.165) is 16.7 Å². The first-order valence-corrected chi connectivity index (χ1v) is 4.82. The van der Waals surface area contributed by atoms with Gasteiger partial charge in [-0.1, -0.05) is 18.2 Å². The highest BCUT2D eigenvalue weighted by Crippen LogP contribution is 2.38. The van der Waals surface area contributed by atoms with E-state index in [9.17, 15) is 8.78 Å². The van der Waals surface area contributed by atoms with E-state index in [-0.39, 0.29) is 11.6 Å². The van der Waals surface area contributed by atoms with Gasteiger partial charge in [-0.25, -0.2) is 8.78 Å². The van der Waals surface area contributed by atoms with Crippen LogP contribution in [0.25, 0.3) is 11.1 Å². The molecule has 0 amide bonds. The molecule has 0 fully saturated rings. The summed E-state index contributed by atoms with van der Waals surface area (Å²) in [5, 5.41) is 0. The summed E-state index contributed by atoms with van der Waals surface area (Å²) < 4.78 is 26.6. The van der Waals surface area contributed by atoms with Gasteiger partial charge in [-0.3, -0.25) is 0 Å². The lowest BCUT2D eigenvalue weighted by molar-refractivity contribution is 0.625. The number of hydrogen-bond acceptors (Lipinski definition) is 0. The summed E-state index contributed by atoms with van der Waals surface area (Å²) in [5.41, 5.74) is 3.27. The summed E-state index contributed by atoms with van der Waals surface area (Å²) in [7, 11) is 0. The van der Waals surface area contributed by atoms with Crippen LogP contribution in [0.3, 0.4) is 0 Å². The van der Waals surface area contributed by atoms with Crippen molar-refractivity contribution in [2.75, 3.05) is 0 Å². The summed E-state index contributed by atoms with van der Waals surface area (Å²) in [5.74, 6) is -0.486. The standard InChI is InChI=1S/C13H8F2/c14-10-4-5-11-9(7-10)6-8-2-1-3-12(15)13(8)11/h1-5,7H,6H2. The quantitative estimate of drug-likeness (QED) is 0.523. The van der Waals surface area contributed by atoms with E-state index in [1.54, 1.807) is 12.1 Å². The van der Waals surface area contributed by atoms with Gasteiger partial charge in [0.1, 0.15) is 11.6 Å². The van der Waals surface area contributed by atoms with Crippen molar-refractivity contribution in [1.82, 2.24) is 0 Å². The zero-order valence-electron chi connectivity index (χ0n) is 7.93. The Balaban J connectivity index is 2.31. The fraction of sp³-hybridized carbons (Fsp3) is 0.0769. The van der Waals surface area contributed by atoms with Crippen molar-refractivity contribution >= 4 is 0 Å². The van der Waals surface area contributed by atoms with E-state index in [4.69, 9.17) is 0 Å². The molecule has 15 heavy (non-hydrogen) atoms. The summed E-state index contributed by atoms with van der Waals surface area (Å²) in [6.07, 6.45) is 0.625. The Hall–Kier alpha value is -1.70. The Morgan fingerprint density at radius 3 is 2.67 bits per heavy atom. The molecular formula is C13H8F2. The SMILES string of the molecule is Fc1ccc2c(c1)Cc1cccc(F)c1-2. The van der Waals surface area contributed by atoms with Gasteiger partial charge in [-0.2, -0.15) is 0 Å². The van der Waals surface area contributed by atoms with E-state index in [0.29, 0.717) is 12.0 Å². The van der Waals surface area contributed by atoms with E-state index < -0.39 is 0 Å². The minimum absolute atomic E-state index is 0.224. The molecule has 3 rings (SSSR count). The predicted octanol–water partition coefficient (Wildman–Crippen LogP) is 3.54. The predicted molar refractivity (Wildman–Crippen MR) is 54.6 cm³/mol. The minimum Gasteiger partial charge on any atom is -0.207 e. The zero-order chi connectivity index (χ0) is 10.4. The molecule has 2 aromatic carbocycles. The Kier molecular flexibility index (Phi) is 1.66. The molecule has 1 aliphatic carbocycles. The molecule has 0 N–H and O–H groups in total. The Morgan fingerprint density at radius 2 is 1.80 bits per heavy atom. The van der Waals surface area contributed by atoms with Crippen LogP contribution in [-0.2, 0) is 6.42 Å². The molecule has 0 spiro atoms. The van der Waals surface area contributed by atoms with E-state index in [1.165, 1.54) is 18.2 Å². The fourth-order valence-corrected chi connectivity index (χ4v) is 2.18. The summed E-state index contributed by atoms with van der Waals surface area (Å²) >= 11 is 0. The van der Waals surface area contributed by atoms with Crippen molar-refractivity contribution in [3.05, 3.63) is 59.2 Å². The number of hydrogen-bond donors (Lipinski definition) is 0. The van der Waals surface area contributed by atoms with Crippen LogP contribution in [0.4, 0.5) is 8.78 Å². The van der Waals surface area contributed by atoms with Crippen LogP contribution < -0.4 is 0 Å². The third kappa shape index (κ3) is 1.18. The van der Waals surface area contributed by atoms with Crippen molar-refractivity contribution in [3.8, 4) is 11.1 Å². The van der Waals surface area contributed by atoms with Gasteiger partial charge in [-0.05, 0) is 41.3 Å². The first-order chi connectivity index (χ1) is 7.25. The van der Waals surface area contributed by atoms with Crippen LogP contribution in [0, 0.1) is 11.6 Å². The zero-order valence-corrected chi connectivity index (χ0v) is 7.93. The van der Waals surface area contributed by atoms with E-state index in [2.05, 4.69) is 0 Å². The number of fused-ring (bicyclic) bond motifs is 3. The van der Waals surface area contributed by atoms with Gasteiger partial charge in [0.25, 0.3) is 0 Å². The maximum Gasteiger partial charge on any atom is 0.131 e. The molecule has 0 bridgehead atoms. The molecule has 74 valence electrons. The second-order valence-electron chi connectivity index (χ2n) is 3.75. The third-order valence-electron chi connectivity index (χ3n) is 2.82. The number of rotatable bonds is 0. The van der Waals surface area contributed by atoms with Crippen molar-refractivity contribution in [2.24, 2.45) is 0 Å². The number of halogens is 2. The molecule has 0 heterocycles. The van der Waals surface area contributed by atoms with E-state index >= 15 is 0 Å². The van der Waals surface area contributed by atoms with Crippen LogP contribution >= 0.6 is 0 Å². The monoisotopic (exact) mass is 202 g/mol. The summed E-state index contributed by atoms with van der Waals surface area (Å²) in [4.78, 5) is 0. The lowest BCUT2D eigenvalue weighted by Gasteiger charge is -2.01. The van der Waals surface area contributed by atoms with Crippen molar-refractivity contribution < 1.29 is 8.78 Å². The first kappa shape index (κ1) is 8.60. The smallest absolute Gasteiger partial charge is 0.131 e. The molecule has 1 aliphatic rings. The highest BCUT2D eigenvalue weighted by atomic mass is 19.1. The fourth-order valence-electron chi connectivity index (χ4n) is 2.18. The molecule has 2 heteroatoms. The van der Waals surface area contributed by atoms with E-state index in [1.807, 2.05) is 6.07 Å². The second-order valence-corrected chi connectivity index (χ2v) is 3.75. The van der Waals surface area contributed by atoms with Crippen molar-refractivity contribution in [1.29, 1.82) is 0 Å². The van der Waals surface area contributed by atoms with Gasteiger partial charge in [0.15, 0.2) is 0 Å². The van der Waals surface area contributed by atoms with Gasteiger partial charge in [0.05, 0.1) is 0 Å². The minimum atomic E-state index is -0.262. The topological polar surface area (TPSA) is 0 Å². The Morgan fingerprint density at radius 1 is 0.933 bits per heavy atom. The normalized spacial score (nSPS) is 12.4. The van der Waals surface area contributed by atoms with Gasteiger partial charge in [-0.15, -0.1) is 0 Å². The maximum absolute atomic E-state index is 13.6. The highest BCUT2D eigenvalue weighted by molar-refractivity contribution is 5.77. The Labute approximate surface area is 86.2 Å². The molecule has 2 aromatic rings. The average molecular weight is 202 g/mol. The highest BCUT2D eigenvalue weighted by Gasteiger charge is 2.21. The van der Waals surface area contributed by atoms with Gasteiger partial charge < -0.3 is 0 Å². The average Bonchev–Trinajstić information content (AvgIpc) is 2.56. The molecular weight excluding hydrogens is 194 g/mol. The molecule has 0 atom stereocenters. The molecule has 0 saturated carbocycles. The van der Waals surface area contributed by atoms with Crippen LogP contribution in [0.15, 0.2) is 36.4 Å². The van der Waals surface area contributed by atoms with Crippen LogP contribution in [-0.4, -0.2) is 0 Å². The molecule has 0 nitrogen and oxygen atoms in total. The molecule has 0 saturated heterocycles. The van der Waals surface area contributed by atoms with Crippen LogP contribution in [0.1, 0.15) is 11.1 Å². The van der Waals surface area contributed by atoms with Gasteiger partial charge >= 0.3 is 0 Å². The Bertz CT molecular complexity index is 544. The van der Waals surface area contributed by atoms with Crippen molar-refractivity contribution in [2.45, 2.75) is 6.42 Å². The lowest BCUT2D eigenvalue weighted by Crippen LogP contribution is -1.83. The molecule has 0 radical (unpaired) electrons. The van der Waals surface area contributed by atoms with Crippen molar-refractivity contribution in [3.63, 3.8) is 0 Å². The van der Waals surface area contributed by atoms with Crippen LogP contribution in [0.5, 0.6) is 0 Å². The summed E-state index contributed by atoms with van der Waals surface area (Å²) in [6.45, 7) is 0. The first-order valence-electron chi connectivity index (χ1n) is 4.82. The second kappa shape index (κ2) is 2.89. The van der Waals surface area contributed by atoms with Gasteiger partial charge in [0, 0.05) is 5.56 Å². The summed E-state index contributed by atoms with van der Waals surface area (Å²) in [6, 6.07) is 9.53. The lowest BCUT2D eigenvalue weighted by atomic mass is 10.1. The van der Waals surface area contributed by atoms with Crippen LogP contribution in [0.2, 0.25) is 0 Å². The third-order valence-corrected chi connectivity index (χ3v) is 2.82. The number of benzene rings is 2. The molecule has 0 aliphatic heterocycles. The maximum atomic E-state index is 13.6. The largest absolute Gasteiger partial charge is 0.207 e. The molecule has 0 unspecified atom stereocenters. The molecule has 0 aromatic heterocycles.